The van der Waals surface area contributed by atoms with E-state index in [0.29, 0.717) is 4.47 Å². The van der Waals surface area contributed by atoms with Gasteiger partial charge in [0, 0.05) is 4.47 Å². The van der Waals surface area contributed by atoms with E-state index in [0.717, 1.165) is 0 Å². The van der Waals surface area contributed by atoms with Gasteiger partial charge in [0.15, 0.2) is 14.6 Å². The van der Waals surface area contributed by atoms with Crippen LogP contribution in [0.1, 0.15) is 26.7 Å². The zero-order valence-electron chi connectivity index (χ0n) is 10.7. The van der Waals surface area contributed by atoms with Crippen LogP contribution in [-0.2, 0) is 14.6 Å². The molecule has 0 radical (unpaired) electrons. The van der Waals surface area contributed by atoms with Crippen molar-refractivity contribution in [2.24, 2.45) is 5.41 Å². The molecule has 1 aliphatic rings. The van der Waals surface area contributed by atoms with E-state index >= 15 is 0 Å². The molecule has 1 saturated carbocycles. The zero-order chi connectivity index (χ0) is 14.5. The van der Waals surface area contributed by atoms with Crippen LogP contribution in [-0.4, -0.2) is 24.2 Å². The molecule has 0 amide bonds. The van der Waals surface area contributed by atoms with Crippen molar-refractivity contribution in [1.29, 1.82) is 0 Å². The first kappa shape index (κ1) is 14.5. The highest BCUT2D eigenvalue weighted by Gasteiger charge is 2.63. The Hall–Kier alpha value is -0.880. The predicted octanol–water partition coefficient (Wildman–Crippen LogP) is 2.87. The smallest absolute Gasteiger partial charge is 0.325 e. The van der Waals surface area contributed by atoms with Gasteiger partial charge in [0.05, 0.1) is 4.90 Å². The molecule has 1 aromatic carbocycles. The van der Waals surface area contributed by atoms with Crippen molar-refractivity contribution >= 4 is 31.7 Å². The minimum atomic E-state index is -3.91. The number of sulfone groups is 1. The summed E-state index contributed by atoms with van der Waals surface area (Å²) in [7, 11) is -3.91. The molecule has 4 nitrogen and oxygen atoms in total. The Kier molecular flexibility index (Phi) is 3.30. The van der Waals surface area contributed by atoms with Gasteiger partial charge in [0.25, 0.3) is 0 Å². The Labute approximate surface area is 120 Å². The van der Waals surface area contributed by atoms with Gasteiger partial charge < -0.3 is 5.11 Å². The number of aliphatic carboxylic acids is 1. The molecule has 0 atom stereocenters. The molecule has 0 spiro atoms. The molecule has 104 valence electrons. The summed E-state index contributed by atoms with van der Waals surface area (Å²) < 4.78 is 24.1. The maximum Gasteiger partial charge on any atom is 0.325 e. The van der Waals surface area contributed by atoms with Gasteiger partial charge in [0.2, 0.25) is 0 Å². The molecule has 0 aromatic heterocycles. The van der Waals surface area contributed by atoms with Crippen LogP contribution in [0.15, 0.2) is 33.6 Å². The number of hydrogen-bond acceptors (Lipinski definition) is 3. The lowest BCUT2D eigenvalue weighted by molar-refractivity contribution is -0.146. The third-order valence-electron chi connectivity index (χ3n) is 3.56. The second-order valence-electron chi connectivity index (χ2n) is 5.75. The van der Waals surface area contributed by atoms with Crippen molar-refractivity contribution in [3.63, 3.8) is 0 Å². The zero-order valence-corrected chi connectivity index (χ0v) is 13.1. The molecule has 2 rings (SSSR count). The fourth-order valence-corrected chi connectivity index (χ4v) is 6.14. The highest BCUT2D eigenvalue weighted by molar-refractivity contribution is 9.10. The summed E-state index contributed by atoms with van der Waals surface area (Å²) in [5.41, 5.74) is -0.257. The van der Waals surface area contributed by atoms with Crippen molar-refractivity contribution in [1.82, 2.24) is 0 Å². The largest absolute Gasteiger partial charge is 0.480 e. The summed E-state index contributed by atoms with van der Waals surface area (Å²) in [6.07, 6.45) is 0.276. The van der Waals surface area contributed by atoms with Crippen LogP contribution < -0.4 is 0 Å². The monoisotopic (exact) mass is 346 g/mol. The van der Waals surface area contributed by atoms with E-state index in [1.54, 1.807) is 18.2 Å². The number of benzene rings is 1. The van der Waals surface area contributed by atoms with Gasteiger partial charge in [-0.1, -0.05) is 26.0 Å². The lowest BCUT2D eigenvalue weighted by Crippen LogP contribution is -2.59. The molecular formula is C13H15BrO4S. The highest BCUT2D eigenvalue weighted by Crippen LogP contribution is 2.54. The maximum absolute atomic E-state index is 12.7. The molecule has 0 unspecified atom stereocenters. The summed E-state index contributed by atoms with van der Waals surface area (Å²) >= 11 is 3.18. The van der Waals surface area contributed by atoms with Gasteiger partial charge >= 0.3 is 5.97 Å². The number of hydrogen-bond donors (Lipinski definition) is 1. The Balaban J connectivity index is 2.56. The molecule has 0 heterocycles. The van der Waals surface area contributed by atoms with E-state index in [1.807, 2.05) is 13.8 Å². The van der Waals surface area contributed by atoms with Crippen LogP contribution in [0.5, 0.6) is 0 Å². The fraction of sp³-hybridized carbons (Fsp3) is 0.462. The first-order valence-corrected chi connectivity index (χ1v) is 8.13. The van der Waals surface area contributed by atoms with E-state index in [1.165, 1.54) is 6.07 Å². The molecule has 0 saturated heterocycles. The Morgan fingerprint density at radius 1 is 1.26 bits per heavy atom. The normalized spacial score (nSPS) is 20.6. The van der Waals surface area contributed by atoms with Crippen LogP contribution in [0.4, 0.5) is 0 Å². The Bertz CT molecular complexity index is 626. The molecule has 19 heavy (non-hydrogen) atoms. The molecule has 1 fully saturated rings. The van der Waals surface area contributed by atoms with Gasteiger partial charge in [-0.2, -0.15) is 0 Å². The van der Waals surface area contributed by atoms with Crippen molar-refractivity contribution in [2.75, 3.05) is 0 Å². The first-order valence-electron chi connectivity index (χ1n) is 5.85. The van der Waals surface area contributed by atoms with Crippen molar-refractivity contribution in [3.8, 4) is 0 Å². The molecule has 6 heteroatoms. The lowest BCUT2D eigenvalue weighted by atomic mass is 9.64. The van der Waals surface area contributed by atoms with E-state index < -0.39 is 20.6 Å². The van der Waals surface area contributed by atoms with E-state index in [2.05, 4.69) is 15.9 Å². The van der Waals surface area contributed by atoms with Gasteiger partial charge in [-0.3, -0.25) is 4.79 Å². The fourth-order valence-electron chi connectivity index (χ4n) is 2.82. The van der Waals surface area contributed by atoms with Crippen LogP contribution in [0, 0.1) is 5.41 Å². The number of rotatable bonds is 3. The summed E-state index contributed by atoms with van der Waals surface area (Å²) in [5, 5.41) is 9.41. The molecular weight excluding hydrogens is 332 g/mol. The summed E-state index contributed by atoms with van der Waals surface area (Å²) in [6, 6.07) is 6.33. The quantitative estimate of drug-likeness (QED) is 0.913. The van der Waals surface area contributed by atoms with Crippen LogP contribution in [0.25, 0.3) is 0 Å². The average Bonchev–Trinajstić information content (AvgIpc) is 2.25. The predicted molar refractivity (Wildman–Crippen MR) is 74.7 cm³/mol. The van der Waals surface area contributed by atoms with Gasteiger partial charge in [-0.15, -0.1) is 0 Å². The van der Waals surface area contributed by atoms with Crippen LogP contribution >= 0.6 is 15.9 Å². The molecule has 0 aliphatic heterocycles. The number of halogens is 1. The highest BCUT2D eigenvalue weighted by atomic mass is 79.9. The Morgan fingerprint density at radius 2 is 1.79 bits per heavy atom. The minimum absolute atomic E-state index is 0.0490. The van der Waals surface area contributed by atoms with Crippen LogP contribution in [0.3, 0.4) is 0 Å². The molecule has 1 N–H and O–H groups in total. The number of carboxylic acids is 1. The topological polar surface area (TPSA) is 71.4 Å². The van der Waals surface area contributed by atoms with E-state index in [4.69, 9.17) is 0 Å². The third-order valence-corrected chi connectivity index (χ3v) is 6.94. The summed E-state index contributed by atoms with van der Waals surface area (Å²) in [5.74, 6) is -1.26. The molecule has 1 aromatic rings. The summed E-state index contributed by atoms with van der Waals surface area (Å²) in [6.45, 7) is 3.76. The van der Waals surface area contributed by atoms with Crippen LogP contribution in [0.2, 0.25) is 0 Å². The van der Waals surface area contributed by atoms with E-state index in [-0.39, 0.29) is 23.2 Å². The van der Waals surface area contributed by atoms with E-state index in [9.17, 15) is 18.3 Å². The van der Waals surface area contributed by atoms with Gasteiger partial charge in [-0.05, 0) is 46.3 Å². The van der Waals surface area contributed by atoms with Gasteiger partial charge in [-0.25, -0.2) is 8.42 Å². The summed E-state index contributed by atoms with van der Waals surface area (Å²) in [4.78, 5) is 11.6. The second kappa shape index (κ2) is 4.31. The first-order chi connectivity index (χ1) is 8.62. The minimum Gasteiger partial charge on any atom is -0.480 e. The Morgan fingerprint density at radius 3 is 2.21 bits per heavy atom. The average molecular weight is 347 g/mol. The third kappa shape index (κ3) is 2.10. The number of carboxylic acid groups (broad SMARTS) is 1. The lowest BCUT2D eigenvalue weighted by Gasteiger charge is -2.49. The SMILES string of the molecule is CC1(C)CC(C(=O)O)(S(=O)(=O)c2ccccc2Br)C1. The maximum atomic E-state index is 12.7. The van der Waals surface area contributed by atoms with Crippen molar-refractivity contribution < 1.29 is 18.3 Å². The number of carbonyl (C=O) groups is 1. The van der Waals surface area contributed by atoms with Crippen molar-refractivity contribution in [2.45, 2.75) is 36.3 Å². The standard InChI is InChI=1S/C13H15BrO4S/c1-12(2)7-13(8-12,11(15)16)19(17,18)10-6-4-3-5-9(10)14/h3-6H,7-8H2,1-2H3,(H,15,16). The second-order valence-corrected chi connectivity index (χ2v) is 8.83. The molecule has 0 bridgehead atoms. The van der Waals surface area contributed by atoms with Crippen molar-refractivity contribution in [3.05, 3.63) is 28.7 Å². The molecule has 1 aliphatic carbocycles. The van der Waals surface area contributed by atoms with Gasteiger partial charge in [0.1, 0.15) is 0 Å².